The number of aromatic nitrogens is 3. The number of carbonyl (C=O) groups excluding carboxylic acids is 1. The first kappa shape index (κ1) is 23.5. The largest absolute Gasteiger partial charge is 0.493 e. The topological polar surface area (TPSA) is 92.8 Å². The van der Waals surface area contributed by atoms with Gasteiger partial charge in [-0.1, -0.05) is 36.4 Å². The molecular formula is C28H25N5O2. The van der Waals surface area contributed by atoms with Gasteiger partial charge in [0.2, 0.25) is 5.91 Å². The third kappa shape index (κ3) is 6.89. The first-order chi connectivity index (χ1) is 17.2. The summed E-state index contributed by atoms with van der Waals surface area (Å²) in [7, 11) is 0. The van der Waals surface area contributed by atoms with Crippen LogP contribution in [-0.4, -0.2) is 27.3 Å². The smallest absolute Gasteiger partial charge is 0.248 e. The summed E-state index contributed by atoms with van der Waals surface area (Å²) in [5.41, 5.74) is 4.21. The quantitative estimate of drug-likeness (QED) is 0.254. The number of nitriles is 1. The van der Waals surface area contributed by atoms with Crippen molar-refractivity contribution >= 4 is 17.7 Å². The lowest BCUT2D eigenvalue weighted by Gasteiger charge is -2.07. The fraction of sp³-hybridized carbons (Fsp3) is 0.143. The van der Waals surface area contributed by atoms with E-state index in [-0.39, 0.29) is 5.91 Å². The lowest BCUT2D eigenvalue weighted by molar-refractivity contribution is -0.111. The van der Waals surface area contributed by atoms with Gasteiger partial charge < -0.3 is 10.1 Å². The minimum atomic E-state index is -0.264. The molecule has 0 saturated heterocycles. The van der Waals surface area contributed by atoms with E-state index in [1.165, 1.54) is 6.08 Å². The predicted molar refractivity (Wildman–Crippen MR) is 135 cm³/mol. The lowest BCUT2D eigenvalue weighted by Crippen LogP contribution is -2.08. The number of carbonyl (C=O) groups is 1. The van der Waals surface area contributed by atoms with Gasteiger partial charge >= 0.3 is 0 Å². The van der Waals surface area contributed by atoms with E-state index in [4.69, 9.17) is 15.1 Å². The van der Waals surface area contributed by atoms with Crippen LogP contribution in [0.4, 0.5) is 5.69 Å². The van der Waals surface area contributed by atoms with Crippen LogP contribution in [0.2, 0.25) is 0 Å². The van der Waals surface area contributed by atoms with Gasteiger partial charge in [0.25, 0.3) is 0 Å². The highest BCUT2D eigenvalue weighted by Crippen LogP contribution is 2.23. The minimum absolute atomic E-state index is 0.264. The third-order valence-corrected chi connectivity index (χ3v) is 5.13. The van der Waals surface area contributed by atoms with Crippen molar-refractivity contribution in [2.75, 3.05) is 11.9 Å². The zero-order chi connectivity index (χ0) is 24.3. The van der Waals surface area contributed by atoms with Crippen LogP contribution in [0.1, 0.15) is 24.0 Å². The molecule has 0 radical (unpaired) electrons. The second kappa shape index (κ2) is 12.0. The number of ether oxygens (including phenoxy) is 1. The molecule has 4 aromatic rings. The molecule has 0 unspecified atom stereocenters. The molecule has 35 heavy (non-hydrogen) atoms. The number of nitrogens with one attached hydrogen (secondary N) is 1. The van der Waals surface area contributed by atoms with Crippen molar-refractivity contribution in [3.8, 4) is 23.1 Å². The normalized spacial score (nSPS) is 10.7. The summed E-state index contributed by atoms with van der Waals surface area (Å²) in [5.74, 6) is 0.380. The van der Waals surface area contributed by atoms with Gasteiger partial charge in [0.1, 0.15) is 11.4 Å². The van der Waals surface area contributed by atoms with E-state index in [1.54, 1.807) is 30.6 Å². The molecule has 2 aromatic heterocycles. The predicted octanol–water partition coefficient (Wildman–Crippen LogP) is 5.33. The van der Waals surface area contributed by atoms with Crippen molar-refractivity contribution in [1.82, 2.24) is 14.8 Å². The van der Waals surface area contributed by atoms with E-state index in [0.29, 0.717) is 37.4 Å². The average Bonchev–Trinajstić information content (AvgIpc) is 3.29. The van der Waals surface area contributed by atoms with E-state index >= 15 is 0 Å². The number of nitrogens with zero attached hydrogens (tertiary/aromatic N) is 4. The van der Waals surface area contributed by atoms with E-state index in [1.807, 2.05) is 53.3 Å². The Bertz CT molecular complexity index is 1320. The molecule has 0 fully saturated rings. The Labute approximate surface area is 204 Å². The zero-order valence-corrected chi connectivity index (χ0v) is 19.2. The van der Waals surface area contributed by atoms with Gasteiger partial charge in [0.05, 0.1) is 19.2 Å². The SMILES string of the molecule is N#CCCCOc1cccc(NC(=O)/C=C/c2cn(Cc3ccccc3)nc2-c2cccnc2)c1. The molecule has 2 aromatic carbocycles. The molecule has 174 valence electrons. The van der Waals surface area contributed by atoms with Crippen molar-refractivity contribution in [2.45, 2.75) is 19.4 Å². The monoisotopic (exact) mass is 463 g/mol. The molecule has 4 rings (SSSR count). The van der Waals surface area contributed by atoms with Gasteiger partial charge in [0.15, 0.2) is 0 Å². The highest BCUT2D eigenvalue weighted by Gasteiger charge is 2.11. The van der Waals surface area contributed by atoms with Crippen LogP contribution < -0.4 is 10.1 Å². The van der Waals surface area contributed by atoms with Gasteiger partial charge in [-0.05, 0) is 42.3 Å². The molecular weight excluding hydrogens is 438 g/mol. The van der Waals surface area contributed by atoms with Gasteiger partial charge in [-0.2, -0.15) is 10.4 Å². The van der Waals surface area contributed by atoms with Crippen molar-refractivity contribution in [1.29, 1.82) is 5.26 Å². The second-order valence-corrected chi connectivity index (χ2v) is 7.82. The molecule has 0 bridgehead atoms. The molecule has 7 heteroatoms. The number of benzene rings is 2. The number of amides is 1. The standard InChI is InChI=1S/C28H25N5O2/c29-15-4-5-17-35-26-12-6-11-25(18-26)31-27(34)14-13-24-21-33(20-22-8-2-1-3-9-22)32-28(24)23-10-7-16-30-19-23/h1-3,6-14,16,18-19,21H,4-5,17,20H2,(H,31,34)/b14-13+. The maximum atomic E-state index is 12.6. The molecule has 1 amide bonds. The van der Waals surface area contributed by atoms with Crippen LogP contribution in [0.15, 0.2) is 91.4 Å². The average molecular weight is 464 g/mol. The Morgan fingerprint density at radius 2 is 2.00 bits per heavy atom. The summed E-state index contributed by atoms with van der Waals surface area (Å²) in [6.45, 7) is 1.07. The van der Waals surface area contributed by atoms with Crippen molar-refractivity contribution in [2.24, 2.45) is 0 Å². The molecule has 1 N–H and O–H groups in total. The second-order valence-electron chi connectivity index (χ2n) is 7.82. The molecule has 0 saturated carbocycles. The number of hydrogen-bond donors (Lipinski definition) is 1. The highest BCUT2D eigenvalue weighted by molar-refractivity contribution is 6.02. The fourth-order valence-corrected chi connectivity index (χ4v) is 3.49. The summed E-state index contributed by atoms with van der Waals surface area (Å²) >= 11 is 0. The van der Waals surface area contributed by atoms with E-state index < -0.39 is 0 Å². The van der Waals surface area contributed by atoms with Crippen LogP contribution in [0.25, 0.3) is 17.3 Å². The van der Waals surface area contributed by atoms with Crippen molar-refractivity contribution in [3.63, 3.8) is 0 Å². The Hall–Kier alpha value is -4.70. The number of rotatable bonds is 10. The van der Waals surface area contributed by atoms with Crippen LogP contribution in [-0.2, 0) is 11.3 Å². The Balaban J connectivity index is 1.47. The van der Waals surface area contributed by atoms with Crippen LogP contribution in [0, 0.1) is 11.3 Å². The Morgan fingerprint density at radius 3 is 2.80 bits per heavy atom. The van der Waals surface area contributed by atoms with Crippen LogP contribution in [0.5, 0.6) is 5.75 Å². The molecule has 0 aliphatic heterocycles. The minimum Gasteiger partial charge on any atom is -0.493 e. The molecule has 0 spiro atoms. The van der Waals surface area contributed by atoms with E-state index in [2.05, 4.69) is 28.5 Å². The summed E-state index contributed by atoms with van der Waals surface area (Å²) in [4.78, 5) is 16.8. The fourth-order valence-electron chi connectivity index (χ4n) is 3.49. The molecule has 2 heterocycles. The molecule has 7 nitrogen and oxygen atoms in total. The Morgan fingerprint density at radius 1 is 1.11 bits per heavy atom. The van der Waals surface area contributed by atoms with E-state index in [9.17, 15) is 4.79 Å². The summed E-state index contributed by atoms with van der Waals surface area (Å²) in [5, 5.41) is 16.2. The van der Waals surface area contributed by atoms with Crippen LogP contribution >= 0.6 is 0 Å². The maximum absolute atomic E-state index is 12.6. The first-order valence-electron chi connectivity index (χ1n) is 11.3. The van der Waals surface area contributed by atoms with E-state index in [0.717, 1.165) is 22.4 Å². The third-order valence-electron chi connectivity index (χ3n) is 5.13. The summed E-state index contributed by atoms with van der Waals surface area (Å²) in [6, 6.07) is 23.2. The van der Waals surface area contributed by atoms with Crippen LogP contribution in [0.3, 0.4) is 0 Å². The molecule has 0 atom stereocenters. The zero-order valence-electron chi connectivity index (χ0n) is 19.2. The van der Waals surface area contributed by atoms with Gasteiger partial charge in [-0.3, -0.25) is 14.5 Å². The lowest BCUT2D eigenvalue weighted by atomic mass is 10.1. The Kier molecular flexibility index (Phi) is 8.01. The number of hydrogen-bond acceptors (Lipinski definition) is 5. The number of unbranched alkanes of at least 4 members (excludes halogenated alkanes) is 1. The number of anilines is 1. The first-order valence-corrected chi connectivity index (χ1v) is 11.3. The van der Waals surface area contributed by atoms with Crippen molar-refractivity contribution in [3.05, 3.63) is 103 Å². The maximum Gasteiger partial charge on any atom is 0.248 e. The van der Waals surface area contributed by atoms with Crippen molar-refractivity contribution < 1.29 is 9.53 Å². The summed E-state index contributed by atoms with van der Waals surface area (Å²) in [6.07, 6.45) is 9.76. The summed E-state index contributed by atoms with van der Waals surface area (Å²) < 4.78 is 7.50. The molecule has 0 aliphatic carbocycles. The van der Waals surface area contributed by atoms with Gasteiger partial charge in [-0.15, -0.1) is 0 Å². The molecule has 0 aliphatic rings. The number of pyridine rings is 1. The van der Waals surface area contributed by atoms with Gasteiger partial charge in [0, 0.05) is 54.0 Å². The highest BCUT2D eigenvalue weighted by atomic mass is 16.5. The van der Waals surface area contributed by atoms with Gasteiger partial charge in [-0.25, -0.2) is 0 Å².